The van der Waals surface area contributed by atoms with Gasteiger partial charge in [0, 0.05) is 0 Å². The van der Waals surface area contributed by atoms with Crippen LogP contribution in [0.25, 0.3) is 0 Å². The van der Waals surface area contributed by atoms with Crippen LogP contribution in [0.4, 0.5) is 0 Å². The van der Waals surface area contributed by atoms with Crippen LogP contribution in [0, 0.1) is 5.92 Å². The number of carbonyl (C=O) groups excluding carboxylic acids is 3. The smallest absolute Gasteiger partial charge is 0.328 e. The maximum atomic E-state index is 12.9. The molecule has 12 heteroatoms. The molecule has 0 saturated heterocycles. The van der Waals surface area contributed by atoms with E-state index in [9.17, 15) is 34.5 Å². The molecule has 0 heterocycles. The summed E-state index contributed by atoms with van der Waals surface area (Å²) in [4.78, 5) is 49.1. The standard InChI is InChI=1S/C20H39N5O7/c1-10(2)9-14(18(29)25-16(12(4)27)20(31)32)24-17(28)13(7-5-6-8-21)23-19(30)15(22)11(3)26/h10-16,26-27H,5-9,21-22H2,1-4H3,(H,23,30)(H,24,28)(H,25,29)(H,31,32). The Balaban J connectivity index is 5.50. The van der Waals surface area contributed by atoms with Crippen molar-refractivity contribution < 1.29 is 34.5 Å². The van der Waals surface area contributed by atoms with Gasteiger partial charge in [0.1, 0.15) is 18.1 Å². The van der Waals surface area contributed by atoms with E-state index in [4.69, 9.17) is 11.5 Å². The molecule has 0 aromatic heterocycles. The Hall–Kier alpha value is -2.28. The minimum atomic E-state index is -1.54. The van der Waals surface area contributed by atoms with Gasteiger partial charge in [-0.3, -0.25) is 14.4 Å². The minimum absolute atomic E-state index is 0.0326. The summed E-state index contributed by atoms with van der Waals surface area (Å²) in [5, 5.41) is 35.6. The van der Waals surface area contributed by atoms with Crippen LogP contribution < -0.4 is 27.4 Å². The van der Waals surface area contributed by atoms with Gasteiger partial charge >= 0.3 is 5.97 Å². The number of carboxylic acid groups (broad SMARTS) is 1. The number of rotatable bonds is 15. The third-order valence-corrected chi connectivity index (χ3v) is 4.79. The van der Waals surface area contributed by atoms with Crippen LogP contribution in [0.2, 0.25) is 0 Å². The van der Waals surface area contributed by atoms with Crippen molar-refractivity contribution in [1.29, 1.82) is 0 Å². The number of aliphatic hydroxyl groups is 2. The molecule has 3 amide bonds. The fourth-order valence-corrected chi connectivity index (χ4v) is 2.87. The molecule has 186 valence electrons. The van der Waals surface area contributed by atoms with E-state index in [0.29, 0.717) is 19.4 Å². The summed E-state index contributed by atoms with van der Waals surface area (Å²) in [5.74, 6) is -3.60. The zero-order valence-electron chi connectivity index (χ0n) is 19.2. The summed E-state index contributed by atoms with van der Waals surface area (Å²) in [7, 11) is 0. The van der Waals surface area contributed by atoms with Crippen molar-refractivity contribution in [2.75, 3.05) is 6.54 Å². The quantitative estimate of drug-likeness (QED) is 0.124. The third-order valence-electron chi connectivity index (χ3n) is 4.79. The van der Waals surface area contributed by atoms with Gasteiger partial charge in [-0.1, -0.05) is 13.8 Å². The summed E-state index contributed by atoms with van der Waals surface area (Å²) in [6.45, 7) is 6.60. The van der Waals surface area contributed by atoms with Gasteiger partial charge in [-0.05, 0) is 52.0 Å². The van der Waals surface area contributed by atoms with Crippen LogP contribution in [0.15, 0.2) is 0 Å². The summed E-state index contributed by atoms with van der Waals surface area (Å²) in [5.41, 5.74) is 11.1. The maximum Gasteiger partial charge on any atom is 0.328 e. The topological polar surface area (TPSA) is 217 Å². The van der Waals surface area contributed by atoms with Gasteiger partial charge in [0.15, 0.2) is 6.04 Å². The Bertz CT molecular complexity index is 627. The second-order valence-electron chi connectivity index (χ2n) is 8.37. The molecule has 0 bridgehead atoms. The number of carbonyl (C=O) groups is 4. The van der Waals surface area contributed by atoms with Crippen LogP contribution in [-0.2, 0) is 19.2 Å². The van der Waals surface area contributed by atoms with Crippen LogP contribution in [0.1, 0.15) is 53.4 Å². The molecule has 0 aromatic rings. The van der Waals surface area contributed by atoms with Gasteiger partial charge in [0.05, 0.1) is 12.2 Å². The molecule has 0 aromatic carbocycles. The van der Waals surface area contributed by atoms with Crippen LogP contribution >= 0.6 is 0 Å². The summed E-state index contributed by atoms with van der Waals surface area (Å²) >= 11 is 0. The lowest BCUT2D eigenvalue weighted by molar-refractivity contribution is -0.145. The van der Waals surface area contributed by atoms with Crippen molar-refractivity contribution in [1.82, 2.24) is 16.0 Å². The van der Waals surface area contributed by atoms with E-state index >= 15 is 0 Å². The Morgan fingerprint density at radius 3 is 1.78 bits per heavy atom. The Morgan fingerprint density at radius 1 is 0.812 bits per heavy atom. The summed E-state index contributed by atoms with van der Waals surface area (Å²) < 4.78 is 0. The largest absolute Gasteiger partial charge is 0.480 e. The van der Waals surface area contributed by atoms with Crippen LogP contribution in [0.5, 0.6) is 0 Å². The lowest BCUT2D eigenvalue weighted by Crippen LogP contribution is -2.59. The predicted octanol–water partition coefficient (Wildman–Crippen LogP) is -2.21. The molecule has 0 aliphatic carbocycles. The first kappa shape index (κ1) is 29.7. The molecule has 12 nitrogen and oxygen atoms in total. The first-order valence-corrected chi connectivity index (χ1v) is 10.8. The van der Waals surface area contributed by atoms with Crippen LogP contribution in [0.3, 0.4) is 0 Å². The molecular weight excluding hydrogens is 422 g/mol. The molecule has 0 saturated carbocycles. The fraction of sp³-hybridized carbons (Fsp3) is 0.800. The molecular formula is C20H39N5O7. The van der Waals surface area contributed by atoms with Crippen molar-refractivity contribution >= 4 is 23.7 Å². The second kappa shape index (κ2) is 14.7. The van der Waals surface area contributed by atoms with Crippen molar-refractivity contribution in [3.05, 3.63) is 0 Å². The monoisotopic (exact) mass is 461 g/mol. The average Bonchev–Trinajstić information content (AvgIpc) is 2.68. The average molecular weight is 462 g/mol. The van der Waals surface area contributed by atoms with E-state index in [1.165, 1.54) is 13.8 Å². The number of nitrogens with two attached hydrogens (primary N) is 2. The lowest BCUT2D eigenvalue weighted by atomic mass is 10.0. The summed E-state index contributed by atoms with van der Waals surface area (Å²) in [6, 6.07) is -4.91. The molecule has 10 N–H and O–H groups in total. The SMILES string of the molecule is CC(C)CC(NC(=O)C(CCCCN)NC(=O)C(N)C(C)O)C(=O)NC(C(=O)O)C(C)O. The minimum Gasteiger partial charge on any atom is -0.480 e. The number of aliphatic hydroxyl groups excluding tert-OH is 2. The number of hydrogen-bond acceptors (Lipinski definition) is 8. The molecule has 32 heavy (non-hydrogen) atoms. The second-order valence-corrected chi connectivity index (χ2v) is 8.37. The van der Waals surface area contributed by atoms with E-state index in [1.807, 2.05) is 13.8 Å². The van der Waals surface area contributed by atoms with Crippen molar-refractivity contribution in [3.63, 3.8) is 0 Å². The molecule has 0 aliphatic rings. The van der Waals surface area contributed by atoms with Crippen molar-refractivity contribution in [2.45, 2.75) is 89.8 Å². The number of hydrogen-bond donors (Lipinski definition) is 8. The van der Waals surface area contributed by atoms with Gasteiger partial charge in [-0.15, -0.1) is 0 Å². The zero-order chi connectivity index (χ0) is 25.0. The third kappa shape index (κ3) is 10.8. The highest BCUT2D eigenvalue weighted by Gasteiger charge is 2.32. The number of carboxylic acids is 1. The zero-order valence-corrected chi connectivity index (χ0v) is 19.2. The van der Waals surface area contributed by atoms with Crippen LogP contribution in [-0.4, -0.2) is 81.9 Å². The number of amides is 3. The molecule has 6 atom stereocenters. The highest BCUT2D eigenvalue weighted by molar-refractivity contribution is 5.94. The molecule has 0 fully saturated rings. The Kier molecular flexibility index (Phi) is 13.7. The Morgan fingerprint density at radius 2 is 1.34 bits per heavy atom. The van der Waals surface area contributed by atoms with E-state index in [-0.39, 0.29) is 18.8 Å². The van der Waals surface area contributed by atoms with E-state index in [0.717, 1.165) is 0 Å². The number of nitrogens with one attached hydrogen (secondary N) is 3. The maximum absolute atomic E-state index is 12.9. The number of aliphatic carboxylic acids is 1. The van der Waals surface area contributed by atoms with Crippen molar-refractivity contribution in [2.24, 2.45) is 17.4 Å². The molecule has 0 rings (SSSR count). The van der Waals surface area contributed by atoms with E-state index < -0.39 is 60.1 Å². The van der Waals surface area contributed by atoms with E-state index in [1.54, 1.807) is 0 Å². The predicted molar refractivity (Wildman–Crippen MR) is 117 cm³/mol. The molecule has 0 aliphatic heterocycles. The number of unbranched alkanes of at least 4 members (excludes halogenated alkanes) is 1. The first-order valence-electron chi connectivity index (χ1n) is 10.8. The molecule has 6 unspecified atom stereocenters. The van der Waals surface area contributed by atoms with Gasteiger partial charge in [-0.25, -0.2) is 4.79 Å². The first-order chi connectivity index (χ1) is 14.8. The molecule has 0 radical (unpaired) electrons. The van der Waals surface area contributed by atoms with Crippen molar-refractivity contribution in [3.8, 4) is 0 Å². The highest BCUT2D eigenvalue weighted by Crippen LogP contribution is 2.09. The lowest BCUT2D eigenvalue weighted by Gasteiger charge is -2.27. The normalized spacial score (nSPS) is 16.9. The van der Waals surface area contributed by atoms with Gasteiger partial charge < -0.3 is 42.7 Å². The summed E-state index contributed by atoms with van der Waals surface area (Å²) in [6.07, 6.45) is -0.938. The van der Waals surface area contributed by atoms with E-state index in [2.05, 4.69) is 16.0 Å². The van der Waals surface area contributed by atoms with Gasteiger partial charge in [0.2, 0.25) is 17.7 Å². The van der Waals surface area contributed by atoms with Gasteiger partial charge in [-0.2, -0.15) is 0 Å². The highest BCUT2D eigenvalue weighted by atomic mass is 16.4. The van der Waals surface area contributed by atoms with Gasteiger partial charge in [0.25, 0.3) is 0 Å². The Labute approximate surface area is 188 Å². The molecule has 0 spiro atoms. The fourth-order valence-electron chi connectivity index (χ4n) is 2.87.